The highest BCUT2D eigenvalue weighted by Crippen LogP contribution is 2.63. The maximum atomic E-state index is 10.4. The van der Waals surface area contributed by atoms with Crippen molar-refractivity contribution in [1.29, 1.82) is 0 Å². The highest BCUT2D eigenvalue weighted by Gasteiger charge is 2.36. The Morgan fingerprint density at radius 1 is 1.00 bits per heavy atom. The molecule has 0 heterocycles. The molecule has 0 aromatic rings. The van der Waals surface area contributed by atoms with Crippen molar-refractivity contribution in [2.75, 3.05) is 0 Å². The third-order valence-corrected chi connectivity index (χ3v) is 3.86. The van der Waals surface area contributed by atoms with Gasteiger partial charge in [-0.3, -0.25) is 9.13 Å². The molecule has 0 radical (unpaired) electrons. The minimum atomic E-state index is -5.23. The van der Waals surface area contributed by atoms with E-state index in [4.69, 9.17) is 24.7 Å². The predicted molar refractivity (Wildman–Crippen MR) is 39.8 cm³/mol. The first-order valence-electron chi connectivity index (χ1n) is 2.62. The second-order valence-electron chi connectivity index (χ2n) is 1.93. The van der Waals surface area contributed by atoms with E-state index in [2.05, 4.69) is 0 Å². The van der Waals surface area contributed by atoms with Gasteiger partial charge in [0.1, 0.15) is 0 Å². The lowest BCUT2D eigenvalue weighted by Gasteiger charge is -2.09. The number of carboxylic acids is 1. The van der Waals surface area contributed by atoms with Crippen molar-refractivity contribution in [3.8, 4) is 0 Å². The largest absolute Gasteiger partial charge is 0.478 e. The van der Waals surface area contributed by atoms with Crippen molar-refractivity contribution in [2.45, 2.75) is 0 Å². The molecular formula is C3H6O8P2. The molecule has 0 amide bonds. The Kier molecular flexibility index (Phi) is 3.57. The van der Waals surface area contributed by atoms with E-state index < -0.39 is 26.2 Å². The van der Waals surface area contributed by atoms with E-state index >= 15 is 0 Å². The molecule has 0 saturated carbocycles. The first-order valence-corrected chi connectivity index (χ1v) is 5.84. The van der Waals surface area contributed by atoms with Crippen LogP contribution in [0.1, 0.15) is 0 Å². The number of aliphatic carboxylic acids is 1. The summed E-state index contributed by atoms with van der Waals surface area (Å²) in [5.41, 5.74) is 0. The molecule has 8 nitrogen and oxygen atoms in total. The number of carboxylic acid groups (broad SMARTS) is 1. The van der Waals surface area contributed by atoms with E-state index in [1.165, 1.54) is 0 Å². The van der Waals surface area contributed by atoms with Crippen molar-refractivity contribution >= 4 is 21.2 Å². The Hall–Kier alpha value is -0.490. The molecule has 0 spiro atoms. The maximum Gasteiger partial charge on any atom is 0.364 e. The smallest absolute Gasteiger partial charge is 0.364 e. The van der Waals surface area contributed by atoms with Crippen LogP contribution in [0.25, 0.3) is 0 Å². The molecule has 0 aromatic heterocycles. The van der Waals surface area contributed by atoms with Gasteiger partial charge in [-0.05, 0) is 0 Å². The van der Waals surface area contributed by atoms with Gasteiger partial charge in [-0.25, -0.2) is 4.79 Å². The number of carbonyl (C=O) groups is 1. The van der Waals surface area contributed by atoms with E-state index in [1.54, 1.807) is 0 Å². The zero-order valence-corrected chi connectivity index (χ0v) is 7.72. The standard InChI is InChI=1S/C3H6O8P2/c4-2(5)1-3(12(6,7)8)13(9,10)11/h1H,(H,4,5)(H2,6,7,8)(H2,9,10,11). The molecule has 0 aliphatic heterocycles. The van der Waals surface area contributed by atoms with E-state index in [9.17, 15) is 13.9 Å². The summed E-state index contributed by atoms with van der Waals surface area (Å²) in [7, 11) is -10.5. The minimum Gasteiger partial charge on any atom is -0.478 e. The lowest BCUT2D eigenvalue weighted by molar-refractivity contribution is -0.131. The Labute approximate surface area is 71.8 Å². The fourth-order valence-electron chi connectivity index (χ4n) is 0.448. The van der Waals surface area contributed by atoms with Gasteiger partial charge in [0, 0.05) is 6.08 Å². The molecule has 0 aliphatic rings. The normalized spacial score (nSPS) is 12.3. The van der Waals surface area contributed by atoms with Crippen LogP contribution in [0.4, 0.5) is 0 Å². The first-order chi connectivity index (χ1) is 5.55. The minimum absolute atomic E-state index is 0.193. The third kappa shape index (κ3) is 4.33. The second kappa shape index (κ2) is 3.71. The van der Waals surface area contributed by atoms with Crippen molar-refractivity contribution < 1.29 is 38.6 Å². The summed E-state index contributed by atoms with van der Waals surface area (Å²) in [5, 5.41) is 6.35. The van der Waals surface area contributed by atoms with Gasteiger partial charge in [-0.1, -0.05) is 0 Å². The molecular weight excluding hydrogens is 226 g/mol. The Morgan fingerprint density at radius 3 is 1.38 bits per heavy atom. The van der Waals surface area contributed by atoms with Gasteiger partial charge in [-0.15, -0.1) is 0 Å². The van der Waals surface area contributed by atoms with Crippen LogP contribution in [0.15, 0.2) is 11.1 Å². The summed E-state index contributed by atoms with van der Waals surface area (Å²) in [6, 6.07) is 0. The van der Waals surface area contributed by atoms with E-state index in [0.29, 0.717) is 0 Å². The van der Waals surface area contributed by atoms with E-state index in [-0.39, 0.29) is 6.08 Å². The summed E-state index contributed by atoms with van der Waals surface area (Å²) in [6.45, 7) is 0. The lowest BCUT2D eigenvalue weighted by Crippen LogP contribution is -1.95. The molecule has 0 saturated heterocycles. The Balaban J connectivity index is 5.40. The fourth-order valence-corrected chi connectivity index (χ4v) is 2.36. The van der Waals surface area contributed by atoms with Gasteiger partial charge in [0.05, 0.1) is 0 Å². The van der Waals surface area contributed by atoms with Crippen LogP contribution in [0.3, 0.4) is 0 Å². The second-order valence-corrected chi connectivity index (χ2v) is 5.42. The summed E-state index contributed by atoms with van der Waals surface area (Å²) < 4.78 is 20.8. The van der Waals surface area contributed by atoms with Crippen LogP contribution >= 0.6 is 15.2 Å². The molecule has 0 atom stereocenters. The number of hydrogen-bond donors (Lipinski definition) is 5. The van der Waals surface area contributed by atoms with Gasteiger partial charge in [0.2, 0.25) is 0 Å². The zero-order valence-electron chi connectivity index (χ0n) is 5.93. The average Bonchev–Trinajstić information content (AvgIpc) is 1.77. The van der Waals surface area contributed by atoms with Crippen molar-refractivity contribution in [1.82, 2.24) is 0 Å². The van der Waals surface area contributed by atoms with E-state index in [0.717, 1.165) is 0 Å². The molecule has 0 aromatic carbocycles. The first kappa shape index (κ1) is 12.5. The highest BCUT2D eigenvalue weighted by molar-refractivity contribution is 7.77. The molecule has 0 rings (SSSR count). The molecule has 0 bridgehead atoms. The highest BCUT2D eigenvalue weighted by atomic mass is 31.2. The van der Waals surface area contributed by atoms with Gasteiger partial charge < -0.3 is 24.7 Å². The van der Waals surface area contributed by atoms with Crippen LogP contribution in [0.2, 0.25) is 0 Å². The fraction of sp³-hybridized carbons (Fsp3) is 0. The molecule has 10 heteroatoms. The molecule has 76 valence electrons. The zero-order chi connectivity index (χ0) is 10.9. The lowest BCUT2D eigenvalue weighted by atomic mass is 10.7. The van der Waals surface area contributed by atoms with Crippen LogP contribution in [0, 0.1) is 0 Å². The summed E-state index contributed by atoms with van der Waals surface area (Å²) in [5.74, 6) is -1.85. The van der Waals surface area contributed by atoms with E-state index in [1.807, 2.05) is 0 Å². The molecule has 0 fully saturated rings. The Bertz CT molecular complexity index is 305. The van der Waals surface area contributed by atoms with Crippen LogP contribution < -0.4 is 0 Å². The van der Waals surface area contributed by atoms with Crippen LogP contribution in [-0.2, 0) is 13.9 Å². The van der Waals surface area contributed by atoms with Crippen molar-refractivity contribution in [2.24, 2.45) is 0 Å². The predicted octanol–water partition coefficient (Wildman–Crippen LogP) is -0.732. The van der Waals surface area contributed by atoms with Crippen LogP contribution in [0.5, 0.6) is 0 Å². The Morgan fingerprint density at radius 2 is 1.31 bits per heavy atom. The average molecular weight is 232 g/mol. The number of rotatable bonds is 3. The molecule has 0 aliphatic carbocycles. The van der Waals surface area contributed by atoms with Gasteiger partial charge >= 0.3 is 21.2 Å². The van der Waals surface area contributed by atoms with Gasteiger partial charge in [0.25, 0.3) is 0 Å². The van der Waals surface area contributed by atoms with Gasteiger partial charge in [-0.2, -0.15) is 0 Å². The summed E-state index contributed by atoms with van der Waals surface area (Å²) >= 11 is 0. The SMILES string of the molecule is O=C(O)C=C(P(=O)(O)O)P(=O)(O)O. The third-order valence-electron chi connectivity index (χ3n) is 0.849. The maximum absolute atomic E-state index is 10.4. The monoisotopic (exact) mass is 232 g/mol. The number of hydrogen-bond acceptors (Lipinski definition) is 3. The van der Waals surface area contributed by atoms with Crippen LogP contribution in [-0.4, -0.2) is 30.6 Å². The topological polar surface area (TPSA) is 152 Å². The quantitative estimate of drug-likeness (QED) is 0.315. The van der Waals surface area contributed by atoms with Crippen molar-refractivity contribution in [3.63, 3.8) is 0 Å². The molecule has 0 unspecified atom stereocenters. The molecule has 13 heavy (non-hydrogen) atoms. The van der Waals surface area contributed by atoms with Crippen molar-refractivity contribution in [3.05, 3.63) is 11.1 Å². The van der Waals surface area contributed by atoms with Gasteiger partial charge in [0.15, 0.2) is 5.06 Å². The summed E-state index contributed by atoms with van der Waals surface area (Å²) in [4.78, 5) is 43.3. The molecule has 5 N–H and O–H groups in total. The summed E-state index contributed by atoms with van der Waals surface area (Å²) in [6.07, 6.45) is -0.193.